The van der Waals surface area contributed by atoms with Crippen molar-refractivity contribution in [1.29, 1.82) is 0 Å². The van der Waals surface area contributed by atoms with Gasteiger partial charge in [-0.05, 0) is 64.2 Å². The second kappa shape index (κ2) is 11.4. The molecule has 0 atom stereocenters. The second-order valence-electron chi connectivity index (χ2n) is 8.74. The van der Waals surface area contributed by atoms with Gasteiger partial charge < -0.3 is 4.74 Å². The molecule has 0 spiro atoms. The van der Waals surface area contributed by atoms with Gasteiger partial charge in [0.15, 0.2) is 5.65 Å². The maximum Gasteiger partial charge on any atom is 0.182 e. The van der Waals surface area contributed by atoms with Crippen LogP contribution in [-0.2, 0) is 11.8 Å². The van der Waals surface area contributed by atoms with Crippen LogP contribution in [0.1, 0.15) is 55.1 Å². The zero-order valence-corrected chi connectivity index (χ0v) is 20.3. The number of fused-ring (bicyclic) bond motifs is 1. The Morgan fingerprint density at radius 2 is 1.69 bits per heavy atom. The number of hydrogen-bond donors (Lipinski definition) is 0. The summed E-state index contributed by atoms with van der Waals surface area (Å²) in [5.74, 6) is -0.495. The average molecular weight is 481 g/mol. The largest absolute Gasteiger partial charge is 0.381 e. The molecule has 4 heterocycles. The Balaban J connectivity index is 0.000000156. The molecule has 35 heavy (non-hydrogen) atoms. The first-order valence-electron chi connectivity index (χ1n) is 11.9. The van der Waals surface area contributed by atoms with Crippen LogP contribution >= 0.6 is 0 Å². The molecule has 3 aromatic heterocycles. The molecule has 0 amide bonds. The van der Waals surface area contributed by atoms with E-state index in [2.05, 4.69) is 31.1 Å². The number of aromatic nitrogens is 6. The van der Waals surface area contributed by atoms with Gasteiger partial charge in [0.05, 0.1) is 11.4 Å². The van der Waals surface area contributed by atoms with Gasteiger partial charge in [0.25, 0.3) is 0 Å². The van der Waals surface area contributed by atoms with Gasteiger partial charge in [-0.3, -0.25) is 4.68 Å². The van der Waals surface area contributed by atoms with Crippen LogP contribution in [0.15, 0.2) is 36.8 Å². The minimum absolute atomic E-state index is 0.177. The summed E-state index contributed by atoms with van der Waals surface area (Å²) >= 11 is 0. The summed E-state index contributed by atoms with van der Waals surface area (Å²) in [7, 11) is 2.01. The summed E-state index contributed by atoms with van der Waals surface area (Å²) in [5.41, 5.74) is 4.15. The number of rotatable bonds is 2. The van der Waals surface area contributed by atoms with Gasteiger partial charge >= 0.3 is 0 Å². The lowest BCUT2D eigenvalue weighted by Gasteiger charge is -2.08. The first-order chi connectivity index (χ1) is 16.9. The van der Waals surface area contributed by atoms with E-state index in [4.69, 9.17) is 4.74 Å². The van der Waals surface area contributed by atoms with E-state index < -0.39 is 11.6 Å². The fourth-order valence-corrected chi connectivity index (χ4v) is 3.77. The van der Waals surface area contributed by atoms with Crippen LogP contribution in [-0.4, -0.2) is 42.9 Å². The van der Waals surface area contributed by atoms with E-state index in [-0.39, 0.29) is 5.56 Å². The van der Waals surface area contributed by atoms with E-state index in [1.54, 1.807) is 6.92 Å². The molecule has 184 valence electrons. The Morgan fingerprint density at radius 3 is 2.26 bits per heavy atom. The standard InChI is InChI=1S/C14H10F2N4.C7H10N2.C5H10O/c1-7-8(2)20-14-13(19-7)12(17-6-18-14)10-4-3-9(15)5-11(10)16;1-9-7(4-5-8-9)6-2-3-6;1-2-4-6-5-3-1/h3-6H,1-2H3;4-6H,2-3H2,1H3;1-5H2. The summed E-state index contributed by atoms with van der Waals surface area (Å²) in [5, 5.41) is 4.09. The molecular formula is C26H30F2N6O. The Kier molecular flexibility index (Phi) is 8.07. The predicted molar refractivity (Wildman–Crippen MR) is 130 cm³/mol. The molecule has 1 aliphatic carbocycles. The highest BCUT2D eigenvalue weighted by Gasteiger charge is 2.25. The van der Waals surface area contributed by atoms with E-state index in [1.165, 1.54) is 56.3 Å². The van der Waals surface area contributed by atoms with Gasteiger partial charge in [0, 0.05) is 49.7 Å². The zero-order chi connectivity index (χ0) is 24.8. The number of halogens is 2. The van der Waals surface area contributed by atoms with Crippen LogP contribution in [0.25, 0.3) is 22.4 Å². The third-order valence-electron chi connectivity index (χ3n) is 6.00. The topological polar surface area (TPSA) is 78.6 Å². The van der Waals surface area contributed by atoms with Crippen molar-refractivity contribution in [3.63, 3.8) is 0 Å². The molecule has 0 N–H and O–H groups in total. The molecule has 0 radical (unpaired) electrons. The Labute approximate surface area is 203 Å². The van der Waals surface area contributed by atoms with Crippen molar-refractivity contribution in [2.75, 3.05) is 13.2 Å². The molecule has 0 bridgehead atoms. The molecule has 1 aromatic carbocycles. The van der Waals surface area contributed by atoms with Crippen molar-refractivity contribution in [2.45, 2.75) is 51.9 Å². The highest BCUT2D eigenvalue weighted by atomic mass is 19.1. The molecule has 0 unspecified atom stereocenters. The monoisotopic (exact) mass is 480 g/mol. The smallest absolute Gasteiger partial charge is 0.182 e. The van der Waals surface area contributed by atoms with Crippen LogP contribution in [0, 0.1) is 25.5 Å². The maximum atomic E-state index is 13.9. The van der Waals surface area contributed by atoms with E-state index in [9.17, 15) is 8.78 Å². The molecule has 4 aromatic rings. The van der Waals surface area contributed by atoms with Gasteiger partial charge in [-0.25, -0.2) is 28.7 Å². The van der Waals surface area contributed by atoms with E-state index >= 15 is 0 Å². The molecule has 2 fully saturated rings. The van der Waals surface area contributed by atoms with Crippen molar-refractivity contribution < 1.29 is 13.5 Å². The van der Waals surface area contributed by atoms with Crippen molar-refractivity contribution in [2.24, 2.45) is 7.05 Å². The quantitative estimate of drug-likeness (QED) is 0.379. The van der Waals surface area contributed by atoms with Crippen molar-refractivity contribution in [3.05, 3.63) is 65.5 Å². The normalized spacial score (nSPS) is 15.1. The number of aryl methyl sites for hydroxylation is 3. The molecule has 2 aliphatic rings. The zero-order valence-electron chi connectivity index (χ0n) is 20.3. The molecule has 9 heteroatoms. The minimum Gasteiger partial charge on any atom is -0.381 e. The molecule has 1 aliphatic heterocycles. The fraction of sp³-hybridized carbons (Fsp3) is 0.423. The minimum atomic E-state index is -0.690. The summed E-state index contributed by atoms with van der Waals surface area (Å²) in [6.45, 7) is 5.63. The summed E-state index contributed by atoms with van der Waals surface area (Å²) in [6, 6.07) is 5.44. The third kappa shape index (κ3) is 6.42. The van der Waals surface area contributed by atoms with Crippen LogP contribution in [0.2, 0.25) is 0 Å². The Bertz CT molecular complexity index is 1270. The number of benzene rings is 1. The lowest BCUT2D eigenvalue weighted by molar-refractivity contribution is 0.0968. The van der Waals surface area contributed by atoms with Gasteiger partial charge in [-0.2, -0.15) is 5.10 Å². The maximum absolute atomic E-state index is 13.9. The third-order valence-corrected chi connectivity index (χ3v) is 6.00. The predicted octanol–water partition coefficient (Wildman–Crippen LogP) is 5.47. The highest BCUT2D eigenvalue weighted by molar-refractivity contribution is 5.86. The Hall–Kier alpha value is -3.33. The number of hydrogen-bond acceptors (Lipinski definition) is 6. The van der Waals surface area contributed by atoms with Crippen LogP contribution in [0.5, 0.6) is 0 Å². The first-order valence-corrected chi connectivity index (χ1v) is 11.9. The van der Waals surface area contributed by atoms with E-state index in [0.717, 1.165) is 36.6 Å². The van der Waals surface area contributed by atoms with E-state index in [0.29, 0.717) is 16.9 Å². The van der Waals surface area contributed by atoms with Crippen molar-refractivity contribution in [3.8, 4) is 11.3 Å². The first kappa shape index (κ1) is 24.8. The molecule has 7 nitrogen and oxygen atoms in total. The van der Waals surface area contributed by atoms with Gasteiger partial charge in [0.2, 0.25) is 0 Å². The molecule has 1 saturated carbocycles. The SMILES string of the molecule is C1CCOCC1.Cc1nc2ncnc(-c3ccc(F)cc3F)c2nc1C.Cn1nccc1C1CC1. The van der Waals surface area contributed by atoms with Gasteiger partial charge in [-0.1, -0.05) is 0 Å². The second-order valence-corrected chi connectivity index (χ2v) is 8.74. The fourth-order valence-electron chi connectivity index (χ4n) is 3.77. The highest BCUT2D eigenvalue weighted by Crippen LogP contribution is 2.39. The van der Waals surface area contributed by atoms with Crippen LogP contribution in [0.3, 0.4) is 0 Å². The molecule has 6 rings (SSSR count). The van der Waals surface area contributed by atoms with Gasteiger partial charge in [0.1, 0.15) is 29.2 Å². The van der Waals surface area contributed by atoms with Crippen LogP contribution < -0.4 is 0 Å². The van der Waals surface area contributed by atoms with Crippen molar-refractivity contribution >= 4 is 11.2 Å². The summed E-state index contributed by atoms with van der Waals surface area (Å²) in [6.07, 6.45) is 9.82. The Morgan fingerprint density at radius 1 is 0.943 bits per heavy atom. The summed E-state index contributed by atoms with van der Waals surface area (Å²) in [4.78, 5) is 16.8. The molecule has 1 saturated heterocycles. The lowest BCUT2D eigenvalue weighted by Crippen LogP contribution is -2.03. The van der Waals surface area contributed by atoms with Gasteiger partial charge in [-0.15, -0.1) is 0 Å². The molecular weight excluding hydrogens is 450 g/mol. The van der Waals surface area contributed by atoms with Crippen LogP contribution in [0.4, 0.5) is 8.78 Å². The number of nitrogens with zero attached hydrogens (tertiary/aromatic N) is 6. The average Bonchev–Trinajstić information content (AvgIpc) is 3.61. The van der Waals surface area contributed by atoms with E-state index in [1.807, 2.05) is 24.9 Å². The number of ether oxygens (including phenoxy) is 1. The summed E-state index contributed by atoms with van der Waals surface area (Å²) < 4.78 is 33.9. The van der Waals surface area contributed by atoms with Crippen molar-refractivity contribution in [1.82, 2.24) is 29.7 Å². The lowest BCUT2D eigenvalue weighted by atomic mass is 10.1.